The van der Waals surface area contributed by atoms with Crippen LogP contribution < -0.4 is 0 Å². The zero-order valence-corrected chi connectivity index (χ0v) is 22.8. The molecule has 2 aliphatic rings. The summed E-state index contributed by atoms with van der Waals surface area (Å²) in [7, 11) is 0. The molecule has 2 aromatic carbocycles. The van der Waals surface area contributed by atoms with Gasteiger partial charge in [-0.25, -0.2) is 8.78 Å². The van der Waals surface area contributed by atoms with Gasteiger partial charge in [0, 0.05) is 24.9 Å². The lowest BCUT2D eigenvalue weighted by molar-refractivity contribution is 0.0449. The first-order chi connectivity index (χ1) is 18.5. The summed E-state index contributed by atoms with van der Waals surface area (Å²) >= 11 is 0. The quantitative estimate of drug-likeness (QED) is 0.350. The van der Waals surface area contributed by atoms with Gasteiger partial charge < -0.3 is 20.0 Å². The highest BCUT2D eigenvalue weighted by Gasteiger charge is 2.29. The number of rotatable bonds is 11. The Balaban J connectivity index is 1.51. The summed E-state index contributed by atoms with van der Waals surface area (Å²) in [5.74, 6) is -0.647. The van der Waals surface area contributed by atoms with Crippen LogP contribution in [0.2, 0.25) is 0 Å². The SMILES string of the molecule is O[C@H](c1ccc(F)cc1)[C@H](CC[C@@H](CN1CCCCCC1)[C@@H](O)c1ccc(F)cc1)CN1CCCCCC1. The van der Waals surface area contributed by atoms with E-state index in [4.69, 9.17) is 0 Å². The van der Waals surface area contributed by atoms with E-state index in [-0.39, 0.29) is 23.5 Å². The van der Waals surface area contributed by atoms with E-state index in [1.165, 1.54) is 75.6 Å². The Morgan fingerprint density at radius 2 is 0.842 bits per heavy atom. The summed E-state index contributed by atoms with van der Waals surface area (Å²) in [5, 5.41) is 22.9. The van der Waals surface area contributed by atoms with Crippen LogP contribution in [0.3, 0.4) is 0 Å². The Bertz CT molecular complexity index is 846. The lowest BCUT2D eigenvalue weighted by atomic mass is 9.84. The van der Waals surface area contributed by atoms with Crippen LogP contribution in [0.4, 0.5) is 8.78 Å². The van der Waals surface area contributed by atoms with Crippen molar-refractivity contribution >= 4 is 0 Å². The van der Waals surface area contributed by atoms with E-state index in [1.807, 2.05) is 0 Å². The number of aliphatic hydroxyl groups is 2. The maximum atomic E-state index is 13.6. The zero-order valence-electron chi connectivity index (χ0n) is 22.8. The van der Waals surface area contributed by atoms with E-state index in [0.717, 1.165) is 63.2 Å². The fraction of sp³-hybridized carbons (Fsp3) is 0.625. The van der Waals surface area contributed by atoms with Gasteiger partial charge in [0.05, 0.1) is 12.2 Å². The van der Waals surface area contributed by atoms with Crippen molar-refractivity contribution in [3.8, 4) is 0 Å². The van der Waals surface area contributed by atoms with Crippen LogP contribution in [-0.2, 0) is 0 Å². The lowest BCUT2D eigenvalue weighted by Crippen LogP contribution is -2.36. The van der Waals surface area contributed by atoms with Gasteiger partial charge in [-0.15, -0.1) is 0 Å². The van der Waals surface area contributed by atoms with Crippen LogP contribution >= 0.6 is 0 Å². The molecule has 0 aromatic heterocycles. The van der Waals surface area contributed by atoms with Crippen molar-refractivity contribution in [1.29, 1.82) is 0 Å². The maximum Gasteiger partial charge on any atom is 0.123 e. The van der Waals surface area contributed by atoms with E-state index >= 15 is 0 Å². The average Bonchev–Trinajstić information content (AvgIpc) is 3.35. The lowest BCUT2D eigenvalue weighted by Gasteiger charge is -2.33. The predicted molar refractivity (Wildman–Crippen MR) is 149 cm³/mol. The van der Waals surface area contributed by atoms with Crippen LogP contribution in [-0.4, -0.2) is 59.3 Å². The first-order valence-electron chi connectivity index (χ1n) is 14.8. The Hall–Kier alpha value is -1.86. The van der Waals surface area contributed by atoms with Crippen LogP contribution in [0, 0.1) is 23.5 Å². The summed E-state index contributed by atoms with van der Waals surface area (Å²) in [5.41, 5.74) is 1.49. The molecule has 2 saturated heterocycles. The van der Waals surface area contributed by atoms with Gasteiger partial charge in [0.2, 0.25) is 0 Å². The Kier molecular flexibility index (Phi) is 11.5. The molecule has 6 heteroatoms. The number of benzene rings is 2. The third-order valence-corrected chi connectivity index (χ3v) is 8.61. The molecular formula is C32H46F2N2O2. The van der Waals surface area contributed by atoms with Crippen molar-refractivity contribution in [3.63, 3.8) is 0 Å². The molecular weight excluding hydrogens is 482 g/mol. The van der Waals surface area contributed by atoms with Crippen molar-refractivity contribution in [2.24, 2.45) is 11.8 Å². The smallest absolute Gasteiger partial charge is 0.123 e. The van der Waals surface area contributed by atoms with Gasteiger partial charge in [-0.05, 0) is 100 Å². The molecule has 2 aromatic rings. The average molecular weight is 529 g/mol. The molecule has 2 heterocycles. The zero-order chi connectivity index (χ0) is 26.7. The molecule has 0 unspecified atom stereocenters. The van der Waals surface area contributed by atoms with E-state index < -0.39 is 12.2 Å². The Morgan fingerprint density at radius 3 is 1.16 bits per heavy atom. The largest absolute Gasteiger partial charge is 0.388 e. The summed E-state index contributed by atoms with van der Waals surface area (Å²) in [6.07, 6.45) is 9.86. The van der Waals surface area contributed by atoms with Gasteiger partial charge in [-0.3, -0.25) is 0 Å². The van der Waals surface area contributed by atoms with Gasteiger partial charge >= 0.3 is 0 Å². The van der Waals surface area contributed by atoms with Gasteiger partial charge in [0.25, 0.3) is 0 Å². The maximum absolute atomic E-state index is 13.6. The number of nitrogens with zero attached hydrogens (tertiary/aromatic N) is 2. The van der Waals surface area contributed by atoms with E-state index in [2.05, 4.69) is 9.80 Å². The first-order valence-corrected chi connectivity index (χ1v) is 14.8. The second-order valence-electron chi connectivity index (χ2n) is 11.5. The number of hydrogen-bond acceptors (Lipinski definition) is 4. The molecule has 38 heavy (non-hydrogen) atoms. The van der Waals surface area contributed by atoms with Crippen molar-refractivity contribution in [3.05, 3.63) is 71.3 Å². The predicted octanol–water partition coefficient (Wildman–Crippen LogP) is 6.50. The molecule has 0 radical (unpaired) electrons. The molecule has 210 valence electrons. The second kappa shape index (κ2) is 15.1. The Morgan fingerprint density at radius 1 is 0.526 bits per heavy atom. The third-order valence-electron chi connectivity index (χ3n) is 8.61. The monoisotopic (exact) mass is 528 g/mol. The number of halogens is 2. The second-order valence-corrected chi connectivity index (χ2v) is 11.5. The molecule has 0 amide bonds. The standard InChI is InChI=1S/C32H46F2N2O2/c33-29-15-11-25(12-16-29)31(37)27(23-35-19-5-1-2-6-20-35)9-10-28(24-36-21-7-3-4-8-22-36)32(38)26-13-17-30(34)18-14-26/h11-18,27-28,31-32,37-38H,1-10,19-24H2/t27-,28+,31-,32+. The van der Waals surface area contributed by atoms with E-state index in [0.29, 0.717) is 0 Å². The summed E-state index contributed by atoms with van der Waals surface area (Å²) in [6, 6.07) is 12.4. The van der Waals surface area contributed by atoms with Crippen LogP contribution in [0.15, 0.2) is 48.5 Å². The van der Waals surface area contributed by atoms with Gasteiger partial charge in [-0.2, -0.15) is 0 Å². The Labute approximate surface area is 227 Å². The minimum Gasteiger partial charge on any atom is -0.388 e. The summed E-state index contributed by atoms with van der Waals surface area (Å²) < 4.78 is 27.2. The highest BCUT2D eigenvalue weighted by molar-refractivity contribution is 5.20. The van der Waals surface area contributed by atoms with Crippen LogP contribution in [0.1, 0.15) is 87.5 Å². The molecule has 0 spiro atoms. The fourth-order valence-electron chi connectivity index (χ4n) is 6.29. The first kappa shape index (κ1) is 29.1. The number of aliphatic hydroxyl groups excluding tert-OH is 2. The highest BCUT2D eigenvalue weighted by Crippen LogP contribution is 2.34. The van der Waals surface area contributed by atoms with Gasteiger partial charge in [-0.1, -0.05) is 49.9 Å². The topological polar surface area (TPSA) is 46.9 Å². The molecule has 0 aliphatic carbocycles. The minimum absolute atomic E-state index is 0.0226. The molecule has 0 bridgehead atoms. The minimum atomic E-state index is -0.694. The van der Waals surface area contributed by atoms with Gasteiger partial charge in [0.15, 0.2) is 0 Å². The van der Waals surface area contributed by atoms with Crippen molar-refractivity contribution in [1.82, 2.24) is 9.80 Å². The number of hydrogen-bond donors (Lipinski definition) is 2. The van der Waals surface area contributed by atoms with Crippen molar-refractivity contribution in [2.45, 2.75) is 76.4 Å². The molecule has 2 fully saturated rings. The molecule has 2 aliphatic heterocycles. The molecule has 4 atom stereocenters. The van der Waals surface area contributed by atoms with Crippen molar-refractivity contribution in [2.75, 3.05) is 39.3 Å². The summed E-state index contributed by atoms with van der Waals surface area (Å²) in [6.45, 7) is 5.76. The summed E-state index contributed by atoms with van der Waals surface area (Å²) in [4.78, 5) is 4.95. The van der Waals surface area contributed by atoms with E-state index in [9.17, 15) is 19.0 Å². The van der Waals surface area contributed by atoms with Crippen molar-refractivity contribution < 1.29 is 19.0 Å². The van der Waals surface area contributed by atoms with E-state index in [1.54, 1.807) is 24.3 Å². The van der Waals surface area contributed by atoms with Gasteiger partial charge in [0.1, 0.15) is 11.6 Å². The van der Waals surface area contributed by atoms with Crippen LogP contribution in [0.25, 0.3) is 0 Å². The molecule has 4 nitrogen and oxygen atoms in total. The number of likely N-dealkylation sites (tertiary alicyclic amines) is 2. The fourth-order valence-corrected chi connectivity index (χ4v) is 6.29. The normalized spacial score (nSPS) is 21.3. The highest BCUT2D eigenvalue weighted by atomic mass is 19.1. The molecule has 0 saturated carbocycles. The molecule has 2 N–H and O–H groups in total. The van der Waals surface area contributed by atoms with Crippen LogP contribution in [0.5, 0.6) is 0 Å². The third kappa shape index (κ3) is 8.84. The molecule has 4 rings (SSSR count).